The standard InChI is InChI=1S/C15H13Cl2NO2/c1-20-14-7-6-12(8-13(14)17)18-15(19)11-4-2-10(9-16)3-5-11/h2-8H,9H2,1H3,(H,18,19). The molecule has 0 aliphatic rings. The molecule has 2 aromatic rings. The zero-order valence-corrected chi connectivity index (χ0v) is 12.3. The van der Waals surface area contributed by atoms with E-state index in [0.29, 0.717) is 27.9 Å². The fraction of sp³-hybridized carbons (Fsp3) is 0.133. The van der Waals surface area contributed by atoms with Gasteiger partial charge >= 0.3 is 0 Å². The highest BCUT2D eigenvalue weighted by Crippen LogP contribution is 2.27. The smallest absolute Gasteiger partial charge is 0.255 e. The van der Waals surface area contributed by atoms with Crippen LogP contribution in [0.4, 0.5) is 5.69 Å². The van der Waals surface area contributed by atoms with Crippen LogP contribution in [0.15, 0.2) is 42.5 Å². The number of amides is 1. The van der Waals surface area contributed by atoms with Crippen LogP contribution in [0.3, 0.4) is 0 Å². The number of nitrogens with one attached hydrogen (secondary N) is 1. The number of carbonyl (C=O) groups is 1. The van der Waals surface area contributed by atoms with Crippen LogP contribution in [0.1, 0.15) is 15.9 Å². The number of hydrogen-bond donors (Lipinski definition) is 1. The SMILES string of the molecule is COc1ccc(NC(=O)c2ccc(CCl)cc2)cc1Cl. The van der Waals surface area contributed by atoms with Gasteiger partial charge in [0.1, 0.15) is 5.75 Å². The summed E-state index contributed by atoms with van der Waals surface area (Å²) in [6, 6.07) is 12.2. The fourth-order valence-corrected chi connectivity index (χ4v) is 2.13. The summed E-state index contributed by atoms with van der Waals surface area (Å²) >= 11 is 11.7. The maximum absolute atomic E-state index is 12.1. The molecule has 0 atom stereocenters. The summed E-state index contributed by atoms with van der Waals surface area (Å²) in [5, 5.41) is 3.22. The fourth-order valence-electron chi connectivity index (χ4n) is 1.69. The Morgan fingerprint density at radius 2 is 1.90 bits per heavy atom. The molecule has 1 N–H and O–H groups in total. The van der Waals surface area contributed by atoms with Gasteiger partial charge in [-0.3, -0.25) is 4.79 Å². The predicted octanol–water partition coefficient (Wildman–Crippen LogP) is 4.34. The first kappa shape index (κ1) is 14.7. The van der Waals surface area contributed by atoms with E-state index in [9.17, 15) is 4.79 Å². The molecular formula is C15H13Cl2NO2. The molecule has 3 nitrogen and oxygen atoms in total. The second-order valence-electron chi connectivity index (χ2n) is 4.13. The van der Waals surface area contributed by atoms with Gasteiger partial charge in [0.15, 0.2) is 0 Å². The summed E-state index contributed by atoms with van der Waals surface area (Å²) in [4.78, 5) is 12.1. The van der Waals surface area contributed by atoms with Gasteiger partial charge in [0.25, 0.3) is 5.91 Å². The van der Waals surface area contributed by atoms with E-state index in [4.69, 9.17) is 27.9 Å². The third-order valence-corrected chi connectivity index (χ3v) is 3.38. The number of alkyl halides is 1. The molecule has 0 aliphatic carbocycles. The van der Waals surface area contributed by atoms with E-state index in [2.05, 4.69) is 5.32 Å². The number of hydrogen-bond acceptors (Lipinski definition) is 2. The lowest BCUT2D eigenvalue weighted by Crippen LogP contribution is -2.11. The van der Waals surface area contributed by atoms with Crippen molar-refractivity contribution in [2.24, 2.45) is 0 Å². The minimum Gasteiger partial charge on any atom is -0.495 e. The summed E-state index contributed by atoms with van der Waals surface area (Å²) in [6.45, 7) is 0. The minimum atomic E-state index is -0.202. The molecule has 0 fully saturated rings. The van der Waals surface area contributed by atoms with Gasteiger partial charge < -0.3 is 10.1 Å². The molecule has 5 heteroatoms. The van der Waals surface area contributed by atoms with Gasteiger partial charge in [0, 0.05) is 17.1 Å². The van der Waals surface area contributed by atoms with Crippen LogP contribution in [-0.4, -0.2) is 13.0 Å². The summed E-state index contributed by atoms with van der Waals surface area (Å²) < 4.78 is 5.06. The average molecular weight is 310 g/mol. The first-order valence-corrected chi connectivity index (χ1v) is 6.85. The van der Waals surface area contributed by atoms with Crippen LogP contribution in [0.5, 0.6) is 5.75 Å². The monoisotopic (exact) mass is 309 g/mol. The van der Waals surface area contributed by atoms with E-state index in [1.165, 1.54) is 7.11 Å². The number of anilines is 1. The van der Waals surface area contributed by atoms with Gasteiger partial charge in [-0.15, -0.1) is 11.6 Å². The maximum Gasteiger partial charge on any atom is 0.255 e. The predicted molar refractivity (Wildman–Crippen MR) is 82.0 cm³/mol. The van der Waals surface area contributed by atoms with Crippen molar-refractivity contribution in [3.63, 3.8) is 0 Å². The minimum absolute atomic E-state index is 0.202. The highest BCUT2D eigenvalue weighted by molar-refractivity contribution is 6.32. The first-order chi connectivity index (χ1) is 9.63. The number of ether oxygens (including phenoxy) is 1. The Kier molecular flexibility index (Phi) is 4.88. The lowest BCUT2D eigenvalue weighted by Gasteiger charge is -2.08. The lowest BCUT2D eigenvalue weighted by molar-refractivity contribution is 0.102. The van der Waals surface area contributed by atoms with Gasteiger partial charge in [-0.05, 0) is 35.9 Å². The molecule has 0 saturated carbocycles. The molecule has 0 saturated heterocycles. The van der Waals surface area contributed by atoms with Gasteiger partial charge in [0.2, 0.25) is 0 Å². The number of rotatable bonds is 4. The van der Waals surface area contributed by atoms with Crippen molar-refractivity contribution < 1.29 is 9.53 Å². The van der Waals surface area contributed by atoms with Crippen molar-refractivity contribution in [1.29, 1.82) is 0 Å². The molecule has 0 aromatic heterocycles. The summed E-state index contributed by atoms with van der Waals surface area (Å²) in [5.41, 5.74) is 2.14. The largest absolute Gasteiger partial charge is 0.495 e. The van der Waals surface area contributed by atoms with Crippen molar-refractivity contribution >= 4 is 34.8 Å². The number of methoxy groups -OCH3 is 1. The quantitative estimate of drug-likeness (QED) is 0.853. The molecule has 104 valence electrons. The Morgan fingerprint density at radius 3 is 2.45 bits per heavy atom. The van der Waals surface area contributed by atoms with E-state index in [1.807, 2.05) is 12.1 Å². The summed E-state index contributed by atoms with van der Waals surface area (Å²) in [5.74, 6) is 0.791. The Hall–Kier alpha value is -1.71. The molecule has 0 aliphatic heterocycles. The number of benzene rings is 2. The van der Waals surface area contributed by atoms with Crippen molar-refractivity contribution in [2.45, 2.75) is 5.88 Å². The van der Waals surface area contributed by atoms with Crippen molar-refractivity contribution in [3.8, 4) is 5.75 Å². The van der Waals surface area contributed by atoms with Crippen LogP contribution in [-0.2, 0) is 5.88 Å². The first-order valence-electron chi connectivity index (χ1n) is 5.94. The van der Waals surface area contributed by atoms with E-state index < -0.39 is 0 Å². The Labute approximate surface area is 127 Å². The lowest BCUT2D eigenvalue weighted by atomic mass is 10.1. The van der Waals surface area contributed by atoms with Gasteiger partial charge in [-0.2, -0.15) is 0 Å². The molecule has 0 unspecified atom stereocenters. The Bertz CT molecular complexity index is 612. The summed E-state index contributed by atoms with van der Waals surface area (Å²) in [7, 11) is 1.54. The molecule has 0 spiro atoms. The number of halogens is 2. The third kappa shape index (κ3) is 3.44. The normalized spacial score (nSPS) is 10.2. The Balaban J connectivity index is 2.12. The van der Waals surface area contributed by atoms with E-state index >= 15 is 0 Å². The molecule has 0 bridgehead atoms. The van der Waals surface area contributed by atoms with Crippen molar-refractivity contribution in [2.75, 3.05) is 12.4 Å². The van der Waals surface area contributed by atoms with Gasteiger partial charge in [0.05, 0.1) is 12.1 Å². The molecule has 0 heterocycles. The van der Waals surface area contributed by atoms with Crippen molar-refractivity contribution in [1.82, 2.24) is 0 Å². The molecule has 2 aromatic carbocycles. The zero-order chi connectivity index (χ0) is 14.5. The number of carbonyl (C=O) groups excluding carboxylic acids is 1. The van der Waals surface area contributed by atoms with Crippen LogP contribution in [0.2, 0.25) is 5.02 Å². The molecular weight excluding hydrogens is 297 g/mol. The molecule has 2 rings (SSSR count). The molecule has 20 heavy (non-hydrogen) atoms. The van der Waals surface area contributed by atoms with E-state index in [0.717, 1.165) is 5.56 Å². The van der Waals surface area contributed by atoms with Crippen LogP contribution >= 0.6 is 23.2 Å². The van der Waals surface area contributed by atoms with Gasteiger partial charge in [-0.25, -0.2) is 0 Å². The third-order valence-electron chi connectivity index (χ3n) is 2.78. The second kappa shape index (κ2) is 6.64. The highest BCUT2D eigenvalue weighted by Gasteiger charge is 2.08. The maximum atomic E-state index is 12.1. The molecule has 1 amide bonds. The molecule has 0 radical (unpaired) electrons. The van der Waals surface area contributed by atoms with Crippen LogP contribution in [0.25, 0.3) is 0 Å². The second-order valence-corrected chi connectivity index (χ2v) is 4.81. The summed E-state index contributed by atoms with van der Waals surface area (Å²) in [6.07, 6.45) is 0. The van der Waals surface area contributed by atoms with E-state index in [-0.39, 0.29) is 5.91 Å². The Morgan fingerprint density at radius 1 is 1.20 bits per heavy atom. The highest BCUT2D eigenvalue weighted by atomic mass is 35.5. The van der Waals surface area contributed by atoms with E-state index in [1.54, 1.807) is 30.3 Å². The topological polar surface area (TPSA) is 38.3 Å². The van der Waals surface area contributed by atoms with Gasteiger partial charge in [-0.1, -0.05) is 23.7 Å². The van der Waals surface area contributed by atoms with Crippen LogP contribution < -0.4 is 10.1 Å². The van der Waals surface area contributed by atoms with Crippen LogP contribution in [0, 0.1) is 0 Å². The van der Waals surface area contributed by atoms with Crippen molar-refractivity contribution in [3.05, 3.63) is 58.6 Å². The average Bonchev–Trinajstić information content (AvgIpc) is 2.47. The zero-order valence-electron chi connectivity index (χ0n) is 10.8.